The van der Waals surface area contributed by atoms with Crippen molar-refractivity contribution in [1.29, 1.82) is 0 Å². The second-order valence-corrected chi connectivity index (χ2v) is 8.36. The van der Waals surface area contributed by atoms with Gasteiger partial charge in [0.2, 0.25) is 0 Å². The Labute approximate surface area is 188 Å². The van der Waals surface area contributed by atoms with Gasteiger partial charge >= 0.3 is 12.1 Å². The van der Waals surface area contributed by atoms with E-state index >= 15 is 0 Å². The van der Waals surface area contributed by atoms with Crippen molar-refractivity contribution in [2.75, 3.05) is 29.5 Å². The molecular weight excluding hydrogens is 441 g/mol. The highest BCUT2D eigenvalue weighted by atomic mass is 32.2. The fraction of sp³-hybridized carbons (Fsp3) is 0.350. The van der Waals surface area contributed by atoms with Crippen LogP contribution in [-0.4, -0.2) is 57.5 Å². The zero-order chi connectivity index (χ0) is 23.7. The summed E-state index contributed by atoms with van der Waals surface area (Å²) in [5.41, 5.74) is -0.170. The Balaban J connectivity index is 2.08. The minimum absolute atomic E-state index is 0.0891. The van der Waals surface area contributed by atoms with Gasteiger partial charge in [0.1, 0.15) is 22.8 Å². The Morgan fingerprint density at radius 2 is 1.84 bits per heavy atom. The molecule has 1 aromatic heterocycles. The van der Waals surface area contributed by atoms with Gasteiger partial charge in [-0.05, 0) is 45.0 Å². The number of rotatable bonds is 9. The number of anilines is 2. The van der Waals surface area contributed by atoms with E-state index in [4.69, 9.17) is 9.84 Å². The third-order valence-electron chi connectivity index (χ3n) is 3.52. The Morgan fingerprint density at radius 1 is 1.16 bits per heavy atom. The number of halogens is 1. The van der Waals surface area contributed by atoms with Crippen LogP contribution in [0, 0.1) is 5.82 Å². The molecule has 4 N–H and O–H groups in total. The van der Waals surface area contributed by atoms with Gasteiger partial charge in [0.15, 0.2) is 5.16 Å². The first-order valence-electron chi connectivity index (χ1n) is 9.53. The fourth-order valence-electron chi connectivity index (χ4n) is 2.25. The molecule has 0 spiro atoms. The van der Waals surface area contributed by atoms with Gasteiger partial charge in [-0.25, -0.2) is 19.2 Å². The minimum Gasteiger partial charge on any atom is -0.481 e. The van der Waals surface area contributed by atoms with Crippen molar-refractivity contribution in [1.82, 2.24) is 15.3 Å². The molecule has 2 rings (SSSR count). The van der Waals surface area contributed by atoms with E-state index in [0.717, 1.165) is 11.8 Å². The maximum Gasteiger partial charge on any atom is 0.407 e. The lowest BCUT2D eigenvalue weighted by Gasteiger charge is -2.19. The monoisotopic (exact) mass is 465 g/mol. The van der Waals surface area contributed by atoms with Crippen LogP contribution in [0.3, 0.4) is 0 Å². The van der Waals surface area contributed by atoms with Gasteiger partial charge in [-0.1, -0.05) is 11.8 Å². The molecule has 0 saturated carbocycles. The van der Waals surface area contributed by atoms with Crippen LogP contribution in [0.2, 0.25) is 0 Å². The molecule has 2 aromatic rings. The minimum atomic E-state index is -1.03. The highest BCUT2D eigenvalue weighted by Gasteiger charge is 2.17. The third-order valence-corrected chi connectivity index (χ3v) is 4.37. The van der Waals surface area contributed by atoms with Gasteiger partial charge < -0.3 is 25.8 Å². The van der Waals surface area contributed by atoms with Gasteiger partial charge in [0.25, 0.3) is 5.91 Å². The van der Waals surface area contributed by atoms with Gasteiger partial charge in [-0.2, -0.15) is 0 Å². The quantitative estimate of drug-likeness (QED) is 0.250. The summed E-state index contributed by atoms with van der Waals surface area (Å²) in [7, 11) is 0. The number of alkyl carbamates (subject to hydrolysis) is 1. The average Bonchev–Trinajstić information content (AvgIpc) is 2.70. The smallest absolute Gasteiger partial charge is 0.407 e. The Kier molecular flexibility index (Phi) is 8.76. The number of aliphatic carboxylic acids is 1. The number of carbonyl (C=O) groups is 3. The third kappa shape index (κ3) is 8.76. The lowest BCUT2D eigenvalue weighted by molar-refractivity contribution is -0.133. The van der Waals surface area contributed by atoms with Crippen molar-refractivity contribution in [3.8, 4) is 0 Å². The van der Waals surface area contributed by atoms with Crippen LogP contribution < -0.4 is 16.0 Å². The first-order valence-corrected chi connectivity index (χ1v) is 10.5. The molecule has 10 nitrogen and oxygen atoms in total. The van der Waals surface area contributed by atoms with E-state index in [9.17, 15) is 18.8 Å². The van der Waals surface area contributed by atoms with Crippen LogP contribution in [0.1, 0.15) is 31.1 Å². The van der Waals surface area contributed by atoms with Crippen LogP contribution in [0.4, 0.5) is 20.7 Å². The maximum atomic E-state index is 13.1. The normalized spacial score (nSPS) is 10.9. The number of thioether (sulfide) groups is 1. The second-order valence-electron chi connectivity index (χ2n) is 7.41. The summed E-state index contributed by atoms with van der Waals surface area (Å²) in [5.74, 6) is -2.12. The summed E-state index contributed by atoms with van der Waals surface area (Å²) in [6, 6.07) is 5.23. The van der Waals surface area contributed by atoms with E-state index in [1.807, 2.05) is 0 Å². The molecule has 0 radical (unpaired) electrons. The van der Waals surface area contributed by atoms with Crippen molar-refractivity contribution in [3.63, 3.8) is 0 Å². The molecule has 12 heteroatoms. The van der Waals surface area contributed by atoms with Crippen molar-refractivity contribution in [3.05, 3.63) is 41.8 Å². The van der Waals surface area contributed by atoms with E-state index in [2.05, 4.69) is 25.9 Å². The molecule has 0 atom stereocenters. The molecule has 32 heavy (non-hydrogen) atoms. The highest BCUT2D eigenvalue weighted by molar-refractivity contribution is 7.99. The Hall–Kier alpha value is -3.41. The number of carbonyl (C=O) groups excluding carboxylic acids is 2. The molecule has 172 valence electrons. The summed E-state index contributed by atoms with van der Waals surface area (Å²) < 4.78 is 18.2. The number of nitrogens with zero attached hydrogens (tertiary/aromatic N) is 2. The summed E-state index contributed by atoms with van der Waals surface area (Å²) in [4.78, 5) is 43.5. The number of ether oxygens (including phenoxy) is 1. The zero-order valence-electron chi connectivity index (χ0n) is 17.8. The Bertz CT molecular complexity index is 966. The van der Waals surface area contributed by atoms with Crippen molar-refractivity contribution in [2.24, 2.45) is 0 Å². The molecule has 0 aliphatic carbocycles. The summed E-state index contributed by atoms with van der Waals surface area (Å²) >= 11 is 0.894. The molecule has 1 aromatic carbocycles. The van der Waals surface area contributed by atoms with Crippen molar-refractivity contribution in [2.45, 2.75) is 31.5 Å². The van der Waals surface area contributed by atoms with Gasteiger partial charge in [-0.3, -0.25) is 9.59 Å². The van der Waals surface area contributed by atoms with Gasteiger partial charge in [0.05, 0.1) is 5.75 Å². The molecule has 1 heterocycles. The van der Waals surface area contributed by atoms with E-state index in [-0.39, 0.29) is 35.4 Å². The summed E-state index contributed by atoms with van der Waals surface area (Å²) in [6.07, 6.45) is 0.675. The van der Waals surface area contributed by atoms with E-state index in [1.54, 1.807) is 20.8 Å². The molecule has 0 aliphatic heterocycles. The zero-order valence-corrected chi connectivity index (χ0v) is 18.6. The number of benzene rings is 1. The lowest BCUT2D eigenvalue weighted by atomic mass is 10.2. The number of carboxylic acid groups (broad SMARTS) is 1. The fourth-order valence-corrected chi connectivity index (χ4v) is 2.79. The van der Waals surface area contributed by atoms with Crippen LogP contribution >= 0.6 is 11.8 Å². The van der Waals surface area contributed by atoms with E-state index in [0.29, 0.717) is 5.69 Å². The van der Waals surface area contributed by atoms with Crippen molar-refractivity contribution >= 4 is 41.2 Å². The molecule has 0 fully saturated rings. The highest BCUT2D eigenvalue weighted by Crippen LogP contribution is 2.20. The lowest BCUT2D eigenvalue weighted by Crippen LogP contribution is -2.35. The predicted molar refractivity (Wildman–Crippen MR) is 117 cm³/mol. The maximum absolute atomic E-state index is 13.1. The van der Waals surface area contributed by atoms with Crippen LogP contribution in [-0.2, 0) is 9.53 Å². The summed E-state index contributed by atoms with van der Waals surface area (Å²) in [5, 5.41) is 17.1. The van der Waals surface area contributed by atoms with E-state index in [1.165, 1.54) is 30.5 Å². The van der Waals surface area contributed by atoms with Gasteiger partial charge in [-0.15, -0.1) is 0 Å². The first-order chi connectivity index (χ1) is 15.0. The number of amides is 2. The number of hydrogen-bond donors (Lipinski definition) is 4. The standard InChI is InChI=1S/C20H24FN5O5S/c1-20(2,3)31-19(30)23-9-8-22-16-14(10-24-18(26-16)32-11-15(27)28)17(29)25-13-6-4-12(21)5-7-13/h4-7,10H,8-9,11H2,1-3H3,(H,23,30)(H,25,29)(H,27,28)(H,22,24,26). The van der Waals surface area contributed by atoms with Crippen LogP contribution in [0.15, 0.2) is 35.6 Å². The second kappa shape index (κ2) is 11.3. The Morgan fingerprint density at radius 3 is 2.47 bits per heavy atom. The predicted octanol–water partition coefficient (Wildman–Crippen LogP) is 2.98. The molecule has 2 amide bonds. The molecule has 0 saturated heterocycles. The van der Waals surface area contributed by atoms with Gasteiger partial charge in [0, 0.05) is 25.0 Å². The largest absolute Gasteiger partial charge is 0.481 e. The van der Waals surface area contributed by atoms with Crippen molar-refractivity contribution < 1.29 is 28.6 Å². The number of carboxylic acids is 1. The van der Waals surface area contributed by atoms with E-state index < -0.39 is 29.4 Å². The van der Waals surface area contributed by atoms with Crippen LogP contribution in [0.25, 0.3) is 0 Å². The summed E-state index contributed by atoms with van der Waals surface area (Å²) in [6.45, 7) is 5.61. The van der Waals surface area contributed by atoms with Crippen LogP contribution in [0.5, 0.6) is 0 Å². The molecule has 0 bridgehead atoms. The number of nitrogens with one attached hydrogen (secondary N) is 3. The SMILES string of the molecule is CC(C)(C)OC(=O)NCCNc1nc(SCC(=O)O)ncc1C(=O)Nc1ccc(F)cc1. The number of aromatic nitrogens is 2. The molecule has 0 aliphatic rings. The molecular formula is C20H24FN5O5S. The average molecular weight is 466 g/mol. The first kappa shape index (κ1) is 24.9. The number of hydrogen-bond acceptors (Lipinski definition) is 8. The molecule has 0 unspecified atom stereocenters. The topological polar surface area (TPSA) is 143 Å².